The van der Waals surface area contributed by atoms with E-state index in [1.54, 1.807) is 11.3 Å². The zero-order valence-corrected chi connectivity index (χ0v) is 10.2. The first-order valence-corrected chi connectivity index (χ1v) is 6.64. The average Bonchev–Trinajstić information content (AvgIpc) is 2.71. The second-order valence-electron chi connectivity index (χ2n) is 5.15. The highest BCUT2D eigenvalue weighted by Gasteiger charge is 2.32. The number of nitrogens with zero attached hydrogens (tertiary/aromatic N) is 2. The molecule has 1 aliphatic carbocycles. The summed E-state index contributed by atoms with van der Waals surface area (Å²) < 4.78 is 2.02. The summed E-state index contributed by atoms with van der Waals surface area (Å²) in [7, 11) is 0. The van der Waals surface area contributed by atoms with Crippen molar-refractivity contribution in [2.45, 2.75) is 38.2 Å². The molecule has 2 heterocycles. The summed E-state index contributed by atoms with van der Waals surface area (Å²) in [6.45, 7) is 1.93. The van der Waals surface area contributed by atoms with Crippen LogP contribution >= 0.6 is 11.3 Å². The molecule has 1 aliphatic rings. The molecule has 1 N–H and O–H groups in total. The first-order chi connectivity index (χ1) is 7.62. The Kier molecular flexibility index (Phi) is 2.30. The molecule has 0 amide bonds. The van der Waals surface area contributed by atoms with Gasteiger partial charge in [-0.25, -0.2) is 4.98 Å². The Hall–Kier alpha value is -0.870. The Bertz CT molecular complexity index is 467. The Morgan fingerprint density at radius 2 is 2.44 bits per heavy atom. The Morgan fingerprint density at radius 1 is 1.62 bits per heavy atom. The molecule has 16 heavy (non-hydrogen) atoms. The smallest absolute Gasteiger partial charge is 0.193 e. The summed E-state index contributed by atoms with van der Waals surface area (Å²) in [5.74, 6) is 0.749. The van der Waals surface area contributed by atoms with Gasteiger partial charge in [0.2, 0.25) is 0 Å². The van der Waals surface area contributed by atoms with Crippen LogP contribution in [0.25, 0.3) is 4.96 Å². The molecule has 0 spiro atoms. The fourth-order valence-corrected chi connectivity index (χ4v) is 2.99. The van der Waals surface area contributed by atoms with Crippen molar-refractivity contribution >= 4 is 16.3 Å². The molecule has 1 unspecified atom stereocenters. The number of thiazole rings is 1. The van der Waals surface area contributed by atoms with E-state index < -0.39 is 5.60 Å². The number of hydrogen-bond donors (Lipinski definition) is 1. The molecular formula is C12H16N2OS. The molecule has 0 aromatic carbocycles. The highest BCUT2D eigenvalue weighted by Crippen LogP contribution is 2.37. The van der Waals surface area contributed by atoms with Crippen LogP contribution < -0.4 is 0 Å². The Morgan fingerprint density at radius 3 is 3.12 bits per heavy atom. The van der Waals surface area contributed by atoms with Crippen LogP contribution in [0.1, 0.15) is 31.9 Å². The zero-order chi connectivity index (χ0) is 11.2. The molecule has 0 bridgehead atoms. The van der Waals surface area contributed by atoms with E-state index in [1.807, 2.05) is 29.1 Å². The predicted octanol–water partition coefficient (Wildman–Crippen LogP) is 2.49. The van der Waals surface area contributed by atoms with Crippen LogP contribution in [0, 0.1) is 5.92 Å². The van der Waals surface area contributed by atoms with E-state index in [-0.39, 0.29) is 0 Å². The normalized spacial score (nSPS) is 20.1. The second kappa shape index (κ2) is 3.57. The lowest BCUT2D eigenvalue weighted by molar-refractivity contribution is 0.0447. The molecule has 1 atom stereocenters. The first kappa shape index (κ1) is 10.3. The fourth-order valence-electron chi connectivity index (χ4n) is 2.27. The summed E-state index contributed by atoms with van der Waals surface area (Å²) in [5.41, 5.74) is 0.406. The summed E-state index contributed by atoms with van der Waals surface area (Å²) in [5, 5.41) is 12.3. The van der Waals surface area contributed by atoms with Crippen LogP contribution in [-0.2, 0) is 6.42 Å². The number of fused-ring (bicyclic) bond motifs is 1. The maximum absolute atomic E-state index is 10.3. The maximum atomic E-state index is 10.3. The summed E-state index contributed by atoms with van der Waals surface area (Å²) in [6.07, 6.45) is 8.18. The van der Waals surface area contributed by atoms with Crippen LogP contribution in [0.15, 0.2) is 17.8 Å². The molecule has 1 fully saturated rings. The van der Waals surface area contributed by atoms with Crippen LogP contribution in [0.5, 0.6) is 0 Å². The van der Waals surface area contributed by atoms with Crippen molar-refractivity contribution in [3.8, 4) is 0 Å². The standard InChI is InChI=1S/C12H16N2OS/c1-12(15,6-9-2-3-9)7-10-8-14-4-5-16-11(14)13-10/h4-5,8-9,15H,2-3,6-7H2,1H3. The van der Waals surface area contributed by atoms with Crippen molar-refractivity contribution in [3.05, 3.63) is 23.5 Å². The van der Waals surface area contributed by atoms with Gasteiger partial charge in [0, 0.05) is 24.2 Å². The zero-order valence-electron chi connectivity index (χ0n) is 9.39. The van der Waals surface area contributed by atoms with Gasteiger partial charge in [-0.15, -0.1) is 11.3 Å². The monoisotopic (exact) mass is 236 g/mol. The average molecular weight is 236 g/mol. The van der Waals surface area contributed by atoms with Crippen molar-refractivity contribution in [1.29, 1.82) is 0 Å². The van der Waals surface area contributed by atoms with Crippen molar-refractivity contribution in [2.24, 2.45) is 5.92 Å². The molecule has 0 radical (unpaired) electrons. The van der Waals surface area contributed by atoms with Crippen molar-refractivity contribution in [1.82, 2.24) is 9.38 Å². The molecular weight excluding hydrogens is 220 g/mol. The van der Waals surface area contributed by atoms with Crippen LogP contribution in [0.2, 0.25) is 0 Å². The highest BCUT2D eigenvalue weighted by molar-refractivity contribution is 7.15. The van der Waals surface area contributed by atoms with E-state index in [1.165, 1.54) is 12.8 Å². The van der Waals surface area contributed by atoms with E-state index in [9.17, 15) is 5.11 Å². The number of aliphatic hydroxyl groups is 1. The minimum absolute atomic E-state index is 0.592. The van der Waals surface area contributed by atoms with Crippen molar-refractivity contribution < 1.29 is 5.11 Å². The Labute approximate surface area is 98.8 Å². The van der Waals surface area contributed by atoms with Gasteiger partial charge in [-0.05, 0) is 19.3 Å². The lowest BCUT2D eigenvalue weighted by Gasteiger charge is -2.21. The lowest BCUT2D eigenvalue weighted by atomic mass is 9.94. The van der Waals surface area contributed by atoms with Gasteiger partial charge in [0.25, 0.3) is 0 Å². The van der Waals surface area contributed by atoms with Gasteiger partial charge in [-0.2, -0.15) is 0 Å². The topological polar surface area (TPSA) is 37.5 Å². The van der Waals surface area contributed by atoms with E-state index >= 15 is 0 Å². The molecule has 86 valence electrons. The van der Waals surface area contributed by atoms with E-state index in [4.69, 9.17) is 0 Å². The van der Waals surface area contributed by atoms with Gasteiger partial charge in [-0.3, -0.25) is 4.40 Å². The van der Waals surface area contributed by atoms with E-state index in [0.29, 0.717) is 6.42 Å². The van der Waals surface area contributed by atoms with Crippen molar-refractivity contribution in [3.63, 3.8) is 0 Å². The third-order valence-electron chi connectivity index (χ3n) is 3.13. The van der Waals surface area contributed by atoms with Gasteiger partial charge >= 0.3 is 0 Å². The highest BCUT2D eigenvalue weighted by atomic mass is 32.1. The van der Waals surface area contributed by atoms with Gasteiger partial charge in [-0.1, -0.05) is 12.8 Å². The predicted molar refractivity (Wildman–Crippen MR) is 64.7 cm³/mol. The molecule has 2 aromatic rings. The van der Waals surface area contributed by atoms with Crippen LogP contribution in [0.4, 0.5) is 0 Å². The number of hydrogen-bond acceptors (Lipinski definition) is 3. The molecule has 0 saturated heterocycles. The van der Waals surface area contributed by atoms with Gasteiger partial charge in [0.1, 0.15) is 0 Å². The van der Waals surface area contributed by atoms with E-state index in [2.05, 4.69) is 4.98 Å². The largest absolute Gasteiger partial charge is 0.390 e. The second-order valence-corrected chi connectivity index (χ2v) is 6.02. The molecule has 4 heteroatoms. The molecule has 3 nitrogen and oxygen atoms in total. The van der Waals surface area contributed by atoms with Gasteiger partial charge in [0.05, 0.1) is 11.3 Å². The number of rotatable bonds is 4. The lowest BCUT2D eigenvalue weighted by Crippen LogP contribution is -2.28. The third kappa shape index (κ3) is 2.13. The minimum Gasteiger partial charge on any atom is -0.390 e. The van der Waals surface area contributed by atoms with Crippen LogP contribution in [0.3, 0.4) is 0 Å². The molecule has 1 saturated carbocycles. The fraction of sp³-hybridized carbons (Fsp3) is 0.583. The molecule has 3 rings (SSSR count). The SMILES string of the molecule is CC(O)(Cc1cn2ccsc2n1)CC1CC1. The van der Waals surface area contributed by atoms with Crippen molar-refractivity contribution in [2.75, 3.05) is 0 Å². The Balaban J connectivity index is 1.75. The molecule has 2 aromatic heterocycles. The quantitative estimate of drug-likeness (QED) is 0.885. The number of imidazole rings is 1. The van der Waals surface area contributed by atoms with Crippen LogP contribution in [-0.4, -0.2) is 20.1 Å². The molecule has 0 aliphatic heterocycles. The van der Waals surface area contributed by atoms with Gasteiger partial charge < -0.3 is 5.11 Å². The maximum Gasteiger partial charge on any atom is 0.193 e. The van der Waals surface area contributed by atoms with E-state index in [0.717, 1.165) is 23.0 Å². The number of aromatic nitrogens is 2. The summed E-state index contributed by atoms with van der Waals surface area (Å²) >= 11 is 1.63. The third-order valence-corrected chi connectivity index (χ3v) is 3.90. The summed E-state index contributed by atoms with van der Waals surface area (Å²) in [4.78, 5) is 5.52. The summed E-state index contributed by atoms with van der Waals surface area (Å²) in [6, 6.07) is 0. The van der Waals surface area contributed by atoms with Gasteiger partial charge in [0.15, 0.2) is 4.96 Å². The first-order valence-electron chi connectivity index (χ1n) is 5.76. The minimum atomic E-state index is -0.592.